The first kappa shape index (κ1) is 16.0. The number of amides is 1. The van der Waals surface area contributed by atoms with Gasteiger partial charge in [-0.15, -0.1) is 0 Å². The molecule has 0 atom stereocenters. The monoisotopic (exact) mass is 346 g/mol. The van der Waals surface area contributed by atoms with E-state index < -0.39 is 28.2 Å². The zero-order valence-corrected chi connectivity index (χ0v) is 13.5. The van der Waals surface area contributed by atoms with Crippen LogP contribution < -0.4 is 10.5 Å². The predicted octanol–water partition coefficient (Wildman–Crippen LogP) is 1.41. The van der Waals surface area contributed by atoms with Gasteiger partial charge in [-0.05, 0) is 31.2 Å². The van der Waals surface area contributed by atoms with Crippen molar-refractivity contribution in [3.63, 3.8) is 0 Å². The van der Waals surface area contributed by atoms with Crippen molar-refractivity contribution < 1.29 is 17.6 Å². The summed E-state index contributed by atoms with van der Waals surface area (Å²) in [5.74, 6) is -1.55. The maximum absolute atomic E-state index is 12.2. The predicted molar refractivity (Wildman–Crippen MR) is 87.0 cm³/mol. The molecule has 3 aromatic rings. The molecule has 0 aliphatic carbocycles. The van der Waals surface area contributed by atoms with Crippen molar-refractivity contribution in [2.75, 3.05) is 0 Å². The fraction of sp³-hybridized carbons (Fsp3) is 0.125. The largest absolute Gasteiger partial charge is 0.420 e. The first-order valence-electron chi connectivity index (χ1n) is 7.07. The molecule has 0 aliphatic heterocycles. The summed E-state index contributed by atoms with van der Waals surface area (Å²) in [5.41, 5.74) is 1.65. The van der Waals surface area contributed by atoms with Gasteiger partial charge in [0.15, 0.2) is 5.58 Å². The number of nitrogens with one attached hydrogen (secondary N) is 1. The number of rotatable bonds is 4. The van der Waals surface area contributed by atoms with Gasteiger partial charge >= 0.3 is 5.76 Å². The lowest BCUT2D eigenvalue weighted by Crippen LogP contribution is -2.35. The van der Waals surface area contributed by atoms with Crippen LogP contribution in [0.1, 0.15) is 5.56 Å². The van der Waals surface area contributed by atoms with Crippen LogP contribution >= 0.6 is 0 Å². The van der Waals surface area contributed by atoms with E-state index in [-0.39, 0.29) is 4.90 Å². The molecule has 1 heterocycles. The summed E-state index contributed by atoms with van der Waals surface area (Å²) in [6.07, 6.45) is 0. The standard InChI is InChI=1S/C16H14N2O5S/c1-11-6-8-12(9-7-11)24(21,22)17-15(19)10-18-13-4-2-3-5-14(13)23-16(18)20/h2-9H,10H2,1H3,(H,17,19). The fourth-order valence-electron chi connectivity index (χ4n) is 2.27. The first-order chi connectivity index (χ1) is 11.4. The van der Waals surface area contributed by atoms with E-state index in [0.717, 1.165) is 10.1 Å². The number of aromatic nitrogens is 1. The molecule has 0 bridgehead atoms. The number of carbonyl (C=O) groups is 1. The minimum absolute atomic E-state index is 0.0224. The van der Waals surface area contributed by atoms with Crippen molar-refractivity contribution >= 4 is 27.0 Å². The Bertz CT molecular complexity index is 1060. The molecule has 0 aliphatic rings. The number of nitrogens with zero attached hydrogens (tertiary/aromatic N) is 1. The van der Waals surface area contributed by atoms with Gasteiger partial charge in [-0.25, -0.2) is 17.9 Å². The smallest absolute Gasteiger partial charge is 0.408 e. The van der Waals surface area contributed by atoms with E-state index >= 15 is 0 Å². The zero-order valence-electron chi connectivity index (χ0n) is 12.7. The molecule has 24 heavy (non-hydrogen) atoms. The maximum atomic E-state index is 12.2. The number of hydrogen-bond donors (Lipinski definition) is 1. The SMILES string of the molecule is Cc1ccc(S(=O)(=O)NC(=O)Cn2c(=O)oc3ccccc32)cc1. The highest BCUT2D eigenvalue weighted by Gasteiger charge is 2.19. The number of sulfonamides is 1. The van der Waals surface area contributed by atoms with Crippen LogP contribution in [0.2, 0.25) is 0 Å². The molecule has 0 unspecified atom stereocenters. The van der Waals surface area contributed by atoms with E-state index in [9.17, 15) is 18.0 Å². The third-order valence-electron chi connectivity index (χ3n) is 3.45. The minimum Gasteiger partial charge on any atom is -0.408 e. The Morgan fingerprint density at radius 1 is 1.12 bits per heavy atom. The van der Waals surface area contributed by atoms with Crippen LogP contribution in [0.3, 0.4) is 0 Å². The molecule has 0 saturated carbocycles. The summed E-state index contributed by atoms with van der Waals surface area (Å²) >= 11 is 0. The van der Waals surface area contributed by atoms with Crippen molar-refractivity contribution in [3.05, 3.63) is 64.6 Å². The first-order valence-corrected chi connectivity index (χ1v) is 8.56. The molecule has 0 spiro atoms. The van der Waals surface area contributed by atoms with E-state index in [0.29, 0.717) is 11.1 Å². The molecule has 3 rings (SSSR count). The van der Waals surface area contributed by atoms with E-state index in [1.165, 1.54) is 12.1 Å². The highest BCUT2D eigenvalue weighted by molar-refractivity contribution is 7.90. The second kappa shape index (κ2) is 5.97. The van der Waals surface area contributed by atoms with Gasteiger partial charge in [0.2, 0.25) is 0 Å². The molecule has 0 saturated heterocycles. The summed E-state index contributed by atoms with van der Waals surface area (Å²) in [6, 6.07) is 12.7. The van der Waals surface area contributed by atoms with Gasteiger partial charge in [0.1, 0.15) is 6.54 Å². The molecule has 0 radical (unpaired) electrons. The van der Waals surface area contributed by atoms with Crippen molar-refractivity contribution in [1.82, 2.24) is 9.29 Å². The Labute approximate surface area is 137 Å². The van der Waals surface area contributed by atoms with Crippen LogP contribution in [0.5, 0.6) is 0 Å². The third kappa shape index (κ3) is 3.09. The van der Waals surface area contributed by atoms with E-state index in [1.54, 1.807) is 36.4 Å². The summed E-state index contributed by atoms with van der Waals surface area (Å²) in [6.45, 7) is 1.37. The molecule has 8 heteroatoms. The summed E-state index contributed by atoms with van der Waals surface area (Å²) < 4.78 is 32.4. The van der Waals surface area contributed by atoms with Crippen molar-refractivity contribution in [3.8, 4) is 0 Å². The van der Waals surface area contributed by atoms with Crippen LogP contribution in [-0.4, -0.2) is 18.9 Å². The topological polar surface area (TPSA) is 98.4 Å². The van der Waals surface area contributed by atoms with Crippen molar-refractivity contribution in [2.45, 2.75) is 18.4 Å². The van der Waals surface area contributed by atoms with Crippen molar-refractivity contribution in [1.29, 1.82) is 0 Å². The zero-order chi connectivity index (χ0) is 17.3. The minimum atomic E-state index is -3.99. The summed E-state index contributed by atoms with van der Waals surface area (Å²) in [4.78, 5) is 23.9. The number of fused-ring (bicyclic) bond motifs is 1. The van der Waals surface area contributed by atoms with E-state index in [1.807, 2.05) is 11.6 Å². The summed E-state index contributed by atoms with van der Waals surface area (Å²) in [5, 5.41) is 0. The van der Waals surface area contributed by atoms with E-state index in [4.69, 9.17) is 4.42 Å². The Hall–Kier alpha value is -2.87. The third-order valence-corrected chi connectivity index (χ3v) is 4.84. The second-order valence-corrected chi connectivity index (χ2v) is 6.95. The Morgan fingerprint density at radius 2 is 1.79 bits per heavy atom. The molecule has 0 fully saturated rings. The lowest BCUT2D eigenvalue weighted by Gasteiger charge is -2.07. The normalized spacial score (nSPS) is 11.5. The van der Waals surface area contributed by atoms with Crippen molar-refractivity contribution in [2.24, 2.45) is 0 Å². The molecule has 1 aromatic heterocycles. The molecule has 7 nitrogen and oxygen atoms in total. The molecular weight excluding hydrogens is 332 g/mol. The average Bonchev–Trinajstić information content (AvgIpc) is 2.83. The molecule has 2 aromatic carbocycles. The maximum Gasteiger partial charge on any atom is 0.420 e. The van der Waals surface area contributed by atoms with Gasteiger partial charge < -0.3 is 4.42 Å². The van der Waals surface area contributed by atoms with Crippen LogP contribution in [0, 0.1) is 6.92 Å². The second-order valence-electron chi connectivity index (χ2n) is 5.26. The number of benzene rings is 2. The van der Waals surface area contributed by atoms with Gasteiger partial charge in [-0.2, -0.15) is 0 Å². The number of oxazole rings is 1. The van der Waals surface area contributed by atoms with Gasteiger partial charge in [0.05, 0.1) is 10.4 Å². The molecule has 1 amide bonds. The number of hydrogen-bond acceptors (Lipinski definition) is 5. The van der Waals surface area contributed by atoms with Gasteiger partial charge in [0, 0.05) is 0 Å². The number of aryl methyl sites for hydroxylation is 1. The highest BCUT2D eigenvalue weighted by atomic mass is 32.2. The number of carbonyl (C=O) groups excluding carboxylic acids is 1. The molecule has 124 valence electrons. The number of para-hydroxylation sites is 2. The van der Waals surface area contributed by atoms with Gasteiger partial charge in [-0.1, -0.05) is 29.8 Å². The summed E-state index contributed by atoms with van der Waals surface area (Å²) in [7, 11) is -3.99. The Morgan fingerprint density at radius 3 is 2.50 bits per heavy atom. The van der Waals surface area contributed by atoms with Crippen LogP contribution in [0.15, 0.2) is 62.6 Å². The Balaban J connectivity index is 1.83. The van der Waals surface area contributed by atoms with Gasteiger partial charge in [0.25, 0.3) is 15.9 Å². The lowest BCUT2D eigenvalue weighted by molar-refractivity contribution is -0.119. The lowest BCUT2D eigenvalue weighted by atomic mass is 10.2. The average molecular weight is 346 g/mol. The Kier molecular flexibility index (Phi) is 3.98. The van der Waals surface area contributed by atoms with Crippen LogP contribution in [0.25, 0.3) is 11.1 Å². The highest BCUT2D eigenvalue weighted by Crippen LogP contribution is 2.12. The molecule has 1 N–H and O–H groups in total. The van der Waals surface area contributed by atoms with Crippen LogP contribution in [0.4, 0.5) is 0 Å². The fourth-order valence-corrected chi connectivity index (χ4v) is 3.24. The van der Waals surface area contributed by atoms with Crippen LogP contribution in [-0.2, 0) is 21.4 Å². The van der Waals surface area contributed by atoms with E-state index in [2.05, 4.69) is 0 Å². The quantitative estimate of drug-likeness (QED) is 0.770. The molecular formula is C16H14N2O5S. The van der Waals surface area contributed by atoms with Gasteiger partial charge in [-0.3, -0.25) is 9.36 Å².